The average molecular weight is 409 g/mol. The van der Waals surface area contributed by atoms with Gasteiger partial charge in [0, 0.05) is 8.95 Å². The molecule has 0 unspecified atom stereocenters. The van der Waals surface area contributed by atoms with Crippen LogP contribution in [0.1, 0.15) is 15.2 Å². The number of carbonyl (C=O) groups is 1. The van der Waals surface area contributed by atoms with Crippen LogP contribution in [0.15, 0.2) is 32.5 Å². The summed E-state index contributed by atoms with van der Waals surface area (Å²) in [7, 11) is 0. The van der Waals surface area contributed by atoms with Crippen LogP contribution in [0.3, 0.4) is 0 Å². The zero-order valence-electron chi connectivity index (χ0n) is 9.45. The molecule has 19 heavy (non-hydrogen) atoms. The van der Waals surface area contributed by atoms with Crippen molar-refractivity contribution < 1.29 is 13.9 Å². The van der Waals surface area contributed by atoms with E-state index in [1.54, 1.807) is 0 Å². The largest absolute Gasteiger partial charge is 0.456 e. The average Bonchev–Trinajstić information content (AvgIpc) is 2.76. The molecule has 2 aromatic rings. The monoisotopic (exact) mass is 407 g/mol. The van der Waals surface area contributed by atoms with E-state index in [1.807, 2.05) is 11.4 Å². The van der Waals surface area contributed by atoms with E-state index in [1.165, 1.54) is 17.4 Å². The second kappa shape index (κ2) is 6.02. The van der Waals surface area contributed by atoms with Crippen LogP contribution < -0.4 is 5.73 Å². The summed E-state index contributed by atoms with van der Waals surface area (Å²) < 4.78 is 19.5. The lowest BCUT2D eigenvalue weighted by molar-refractivity contribution is 0.0475. The standard InChI is InChI=1S/C12H8Br2FNO2S/c13-7-1-2-19-11(7)5-18-12(17)6-3-10(16)9(15)4-8(6)14/h1-4H,5,16H2. The molecule has 0 saturated carbocycles. The van der Waals surface area contributed by atoms with Gasteiger partial charge in [-0.15, -0.1) is 11.3 Å². The lowest BCUT2D eigenvalue weighted by Crippen LogP contribution is -2.07. The van der Waals surface area contributed by atoms with E-state index in [2.05, 4.69) is 31.9 Å². The van der Waals surface area contributed by atoms with E-state index in [0.29, 0.717) is 4.47 Å². The van der Waals surface area contributed by atoms with Gasteiger partial charge in [0.1, 0.15) is 12.4 Å². The first-order valence-electron chi connectivity index (χ1n) is 5.12. The quantitative estimate of drug-likeness (QED) is 0.606. The normalized spacial score (nSPS) is 10.5. The minimum atomic E-state index is -0.579. The molecule has 3 nitrogen and oxygen atoms in total. The second-order valence-electron chi connectivity index (χ2n) is 3.62. The van der Waals surface area contributed by atoms with Crippen molar-refractivity contribution in [2.24, 2.45) is 0 Å². The zero-order valence-corrected chi connectivity index (χ0v) is 13.4. The fourth-order valence-electron chi connectivity index (χ4n) is 1.36. The van der Waals surface area contributed by atoms with Gasteiger partial charge in [-0.1, -0.05) is 0 Å². The molecule has 1 aromatic carbocycles. The maximum absolute atomic E-state index is 13.2. The summed E-state index contributed by atoms with van der Waals surface area (Å²) in [6.45, 7) is 0.154. The molecule has 0 aliphatic carbocycles. The van der Waals surface area contributed by atoms with Gasteiger partial charge in [0.25, 0.3) is 0 Å². The van der Waals surface area contributed by atoms with Gasteiger partial charge >= 0.3 is 5.97 Å². The third kappa shape index (κ3) is 3.34. The van der Waals surface area contributed by atoms with Crippen molar-refractivity contribution in [1.82, 2.24) is 0 Å². The molecule has 1 heterocycles. The van der Waals surface area contributed by atoms with Crippen molar-refractivity contribution >= 4 is 54.9 Å². The third-order valence-electron chi connectivity index (χ3n) is 2.33. The molecular formula is C12H8Br2FNO2S. The van der Waals surface area contributed by atoms with Crippen molar-refractivity contribution in [3.8, 4) is 0 Å². The number of thiophene rings is 1. The predicted octanol–water partition coefficient (Wildman–Crippen LogP) is 4.35. The van der Waals surface area contributed by atoms with Gasteiger partial charge in [0.15, 0.2) is 0 Å². The number of benzene rings is 1. The fraction of sp³-hybridized carbons (Fsp3) is 0.0833. The minimum Gasteiger partial charge on any atom is -0.456 e. The summed E-state index contributed by atoms with van der Waals surface area (Å²) in [5, 5.41) is 1.89. The first-order chi connectivity index (χ1) is 8.99. The van der Waals surface area contributed by atoms with E-state index in [4.69, 9.17) is 10.5 Å². The van der Waals surface area contributed by atoms with Crippen molar-refractivity contribution in [2.45, 2.75) is 6.61 Å². The van der Waals surface area contributed by atoms with Crippen LogP contribution in [0.4, 0.5) is 10.1 Å². The van der Waals surface area contributed by atoms with Gasteiger partial charge in [-0.3, -0.25) is 0 Å². The van der Waals surface area contributed by atoms with Gasteiger partial charge in [-0.05, 0) is 55.4 Å². The second-order valence-corrected chi connectivity index (χ2v) is 6.33. The molecule has 0 radical (unpaired) electrons. The molecule has 0 aliphatic heterocycles. The molecule has 2 N–H and O–H groups in total. The summed E-state index contributed by atoms with van der Waals surface area (Å²) in [5.41, 5.74) is 5.54. The Morgan fingerprint density at radius 1 is 1.37 bits per heavy atom. The van der Waals surface area contributed by atoms with Gasteiger partial charge in [0.2, 0.25) is 0 Å². The van der Waals surface area contributed by atoms with Gasteiger partial charge in [-0.25, -0.2) is 9.18 Å². The number of nitrogen functional groups attached to an aromatic ring is 1. The molecule has 0 spiro atoms. The van der Waals surface area contributed by atoms with E-state index in [0.717, 1.165) is 15.4 Å². The zero-order chi connectivity index (χ0) is 14.0. The van der Waals surface area contributed by atoms with Crippen LogP contribution in [0, 0.1) is 5.82 Å². The van der Waals surface area contributed by atoms with E-state index < -0.39 is 11.8 Å². The number of rotatable bonds is 3. The van der Waals surface area contributed by atoms with Crippen LogP contribution in [0.25, 0.3) is 0 Å². The highest BCUT2D eigenvalue weighted by Crippen LogP contribution is 2.26. The Kier molecular flexibility index (Phi) is 4.59. The number of ether oxygens (including phenoxy) is 1. The third-order valence-corrected chi connectivity index (χ3v) is 4.89. The lowest BCUT2D eigenvalue weighted by atomic mass is 10.2. The predicted molar refractivity (Wildman–Crippen MR) is 79.7 cm³/mol. The number of anilines is 1. The van der Waals surface area contributed by atoms with Gasteiger partial charge < -0.3 is 10.5 Å². The molecule has 0 aliphatic rings. The molecule has 0 saturated heterocycles. The fourth-order valence-corrected chi connectivity index (χ4v) is 3.21. The molecule has 0 atom stereocenters. The van der Waals surface area contributed by atoms with Crippen molar-refractivity contribution in [2.75, 3.05) is 5.73 Å². The Bertz CT molecular complexity index is 630. The molecule has 0 bridgehead atoms. The van der Waals surface area contributed by atoms with Gasteiger partial charge in [0.05, 0.1) is 16.1 Å². The van der Waals surface area contributed by atoms with Crippen LogP contribution in [0.5, 0.6) is 0 Å². The van der Waals surface area contributed by atoms with Crippen LogP contribution in [0.2, 0.25) is 0 Å². The Morgan fingerprint density at radius 3 is 2.74 bits per heavy atom. The summed E-state index contributed by atoms with van der Waals surface area (Å²) in [6.07, 6.45) is 0. The Morgan fingerprint density at radius 2 is 2.11 bits per heavy atom. The Hall–Kier alpha value is -0.920. The van der Waals surface area contributed by atoms with Crippen molar-refractivity contribution in [3.05, 3.63) is 48.8 Å². The van der Waals surface area contributed by atoms with Crippen LogP contribution >= 0.6 is 43.2 Å². The number of hydrogen-bond donors (Lipinski definition) is 1. The Balaban J connectivity index is 2.12. The number of halogens is 3. The Labute approximate surface area is 129 Å². The smallest absolute Gasteiger partial charge is 0.339 e. The van der Waals surface area contributed by atoms with E-state index in [-0.39, 0.29) is 17.9 Å². The topological polar surface area (TPSA) is 52.3 Å². The van der Waals surface area contributed by atoms with Crippen molar-refractivity contribution in [1.29, 1.82) is 0 Å². The summed E-state index contributed by atoms with van der Waals surface area (Å²) >= 11 is 7.94. The maximum atomic E-state index is 13.2. The number of hydrogen-bond acceptors (Lipinski definition) is 4. The summed E-state index contributed by atoms with van der Waals surface area (Å²) in [6, 6.07) is 4.28. The first kappa shape index (κ1) is 14.5. The highest BCUT2D eigenvalue weighted by Gasteiger charge is 2.15. The molecule has 1 aromatic heterocycles. The number of carbonyl (C=O) groups excluding carboxylic acids is 1. The maximum Gasteiger partial charge on any atom is 0.339 e. The molecule has 0 amide bonds. The number of esters is 1. The van der Waals surface area contributed by atoms with Crippen LogP contribution in [-0.4, -0.2) is 5.97 Å². The van der Waals surface area contributed by atoms with E-state index in [9.17, 15) is 9.18 Å². The molecular weight excluding hydrogens is 401 g/mol. The first-order valence-corrected chi connectivity index (χ1v) is 7.59. The summed E-state index contributed by atoms with van der Waals surface area (Å²) in [4.78, 5) is 12.8. The SMILES string of the molecule is Nc1cc(C(=O)OCc2sccc2Br)c(Br)cc1F. The molecule has 2 rings (SSSR count). The minimum absolute atomic E-state index is 0.0903. The summed E-state index contributed by atoms with van der Waals surface area (Å²) in [5.74, 6) is -1.14. The molecule has 0 fully saturated rings. The molecule has 100 valence electrons. The molecule has 7 heteroatoms. The lowest BCUT2D eigenvalue weighted by Gasteiger charge is -2.07. The van der Waals surface area contributed by atoms with Gasteiger partial charge in [-0.2, -0.15) is 0 Å². The van der Waals surface area contributed by atoms with Crippen molar-refractivity contribution in [3.63, 3.8) is 0 Å². The number of nitrogens with two attached hydrogens (primary N) is 1. The highest BCUT2D eigenvalue weighted by atomic mass is 79.9. The van der Waals surface area contributed by atoms with Crippen LogP contribution in [-0.2, 0) is 11.3 Å². The van der Waals surface area contributed by atoms with E-state index >= 15 is 0 Å². The highest BCUT2D eigenvalue weighted by molar-refractivity contribution is 9.10.